The van der Waals surface area contributed by atoms with E-state index in [1.807, 2.05) is 13.8 Å². The third-order valence-corrected chi connectivity index (χ3v) is 6.65. The van der Waals surface area contributed by atoms with Crippen molar-refractivity contribution < 1.29 is 14.1 Å². The minimum atomic E-state index is -0.860. The third-order valence-electron chi connectivity index (χ3n) is 6.28. The van der Waals surface area contributed by atoms with Crippen LogP contribution in [0.1, 0.15) is 44.4 Å². The molecule has 0 radical (unpaired) electrons. The summed E-state index contributed by atoms with van der Waals surface area (Å²) < 4.78 is 6.00. The lowest BCUT2D eigenvalue weighted by atomic mass is 9.97. The number of benzene rings is 3. The first-order chi connectivity index (χ1) is 16.3. The van der Waals surface area contributed by atoms with Gasteiger partial charge in [-0.1, -0.05) is 41.9 Å². The summed E-state index contributed by atoms with van der Waals surface area (Å²) in [5, 5.41) is 12.3. The molecular formula is C26H19ClN2O5. The molecule has 0 aliphatic carbocycles. The maximum absolute atomic E-state index is 13.7. The molecule has 1 unspecified atom stereocenters. The molecule has 34 heavy (non-hydrogen) atoms. The molecule has 1 aromatic heterocycles. The summed E-state index contributed by atoms with van der Waals surface area (Å²) in [5.41, 5.74) is 3.03. The summed E-state index contributed by atoms with van der Waals surface area (Å²) in [7, 11) is 0. The van der Waals surface area contributed by atoms with E-state index < -0.39 is 16.9 Å². The molecule has 0 bridgehead atoms. The molecule has 7 nitrogen and oxygen atoms in total. The Hall–Kier alpha value is -3.97. The van der Waals surface area contributed by atoms with Crippen LogP contribution >= 0.6 is 11.6 Å². The number of nitro groups is 1. The van der Waals surface area contributed by atoms with Crippen molar-refractivity contribution in [3.63, 3.8) is 0 Å². The maximum atomic E-state index is 13.7. The number of carbonyl (C=O) groups is 1. The molecule has 1 atom stereocenters. The molecule has 8 heteroatoms. The molecule has 5 rings (SSSR count). The lowest BCUT2D eigenvalue weighted by Crippen LogP contribution is -2.29. The van der Waals surface area contributed by atoms with Gasteiger partial charge in [0.05, 0.1) is 21.9 Å². The minimum Gasteiger partial charge on any atom is -0.450 e. The van der Waals surface area contributed by atoms with Crippen LogP contribution in [-0.4, -0.2) is 15.7 Å². The highest BCUT2D eigenvalue weighted by Crippen LogP contribution is 2.40. The molecule has 0 N–H and O–H groups in total. The van der Waals surface area contributed by atoms with Gasteiger partial charge in [-0.05, 0) is 54.3 Å². The zero-order chi connectivity index (χ0) is 24.1. The Morgan fingerprint density at radius 3 is 2.50 bits per heavy atom. The largest absolute Gasteiger partial charge is 0.450 e. The zero-order valence-electron chi connectivity index (χ0n) is 18.4. The Balaban J connectivity index is 1.77. The fourth-order valence-corrected chi connectivity index (χ4v) is 4.60. The molecule has 0 saturated heterocycles. The summed E-state index contributed by atoms with van der Waals surface area (Å²) in [5.74, 6) is -0.520. The predicted molar refractivity (Wildman–Crippen MR) is 128 cm³/mol. The second-order valence-electron chi connectivity index (χ2n) is 8.39. The number of halogens is 1. The van der Waals surface area contributed by atoms with Gasteiger partial charge in [-0.3, -0.25) is 19.7 Å². The van der Waals surface area contributed by atoms with Gasteiger partial charge < -0.3 is 9.32 Å². The molecule has 1 amide bonds. The second kappa shape index (κ2) is 8.11. The van der Waals surface area contributed by atoms with Crippen LogP contribution < -0.4 is 5.43 Å². The average molecular weight is 475 g/mol. The molecule has 0 spiro atoms. The van der Waals surface area contributed by atoms with Crippen LogP contribution in [0.5, 0.6) is 0 Å². The van der Waals surface area contributed by atoms with Crippen molar-refractivity contribution in [2.24, 2.45) is 0 Å². The van der Waals surface area contributed by atoms with Crippen LogP contribution in [0, 0.1) is 24.0 Å². The predicted octanol–water partition coefficient (Wildman–Crippen LogP) is 5.72. The smallest absolute Gasteiger partial charge is 0.291 e. The molecule has 170 valence electrons. The Labute approximate surface area is 199 Å². The number of amides is 1. The van der Waals surface area contributed by atoms with Gasteiger partial charge in [-0.15, -0.1) is 0 Å². The number of non-ortho nitro benzene ring substituents is 1. The summed E-state index contributed by atoms with van der Waals surface area (Å²) in [6.45, 7) is 3.90. The van der Waals surface area contributed by atoms with Gasteiger partial charge in [0, 0.05) is 23.7 Å². The van der Waals surface area contributed by atoms with E-state index in [0.717, 1.165) is 11.1 Å². The number of fused-ring (bicyclic) bond motifs is 2. The highest BCUT2D eigenvalue weighted by Gasteiger charge is 2.43. The fraction of sp³-hybridized carbons (Fsp3) is 0.154. The van der Waals surface area contributed by atoms with Crippen molar-refractivity contribution in [2.45, 2.75) is 26.4 Å². The van der Waals surface area contributed by atoms with Crippen LogP contribution in [0.4, 0.5) is 5.69 Å². The molecule has 0 saturated carbocycles. The van der Waals surface area contributed by atoms with Gasteiger partial charge in [-0.25, -0.2) is 0 Å². The summed E-state index contributed by atoms with van der Waals surface area (Å²) in [4.78, 5) is 39.7. The SMILES string of the molecule is Cc1cc2oc3c(c(=O)c2cc1C)C(c1cccc([N+](=O)[O-])c1)N(Cc1ccccc1Cl)C3=O. The van der Waals surface area contributed by atoms with Crippen molar-refractivity contribution in [2.75, 3.05) is 0 Å². The number of hydrogen-bond donors (Lipinski definition) is 0. The number of aryl methyl sites for hydroxylation is 2. The van der Waals surface area contributed by atoms with E-state index in [2.05, 4.69) is 0 Å². The van der Waals surface area contributed by atoms with E-state index in [-0.39, 0.29) is 29.0 Å². The summed E-state index contributed by atoms with van der Waals surface area (Å²) >= 11 is 6.36. The fourth-order valence-electron chi connectivity index (χ4n) is 4.40. The number of nitrogens with zero attached hydrogens (tertiary/aromatic N) is 2. The molecule has 1 aliphatic rings. The molecule has 0 fully saturated rings. The Morgan fingerprint density at radius 2 is 1.76 bits per heavy atom. The molecule has 1 aliphatic heterocycles. The first kappa shape index (κ1) is 21.9. The van der Waals surface area contributed by atoms with Gasteiger partial charge in [0.2, 0.25) is 5.76 Å². The molecular weight excluding hydrogens is 456 g/mol. The number of hydrogen-bond acceptors (Lipinski definition) is 5. The quantitative estimate of drug-likeness (QED) is 0.278. The second-order valence-corrected chi connectivity index (χ2v) is 8.79. The van der Waals surface area contributed by atoms with Crippen molar-refractivity contribution >= 4 is 34.2 Å². The van der Waals surface area contributed by atoms with Crippen molar-refractivity contribution in [3.05, 3.63) is 120 Å². The normalized spacial score (nSPS) is 15.1. The first-order valence-corrected chi connectivity index (χ1v) is 11.0. The lowest BCUT2D eigenvalue weighted by Gasteiger charge is -2.25. The molecule has 4 aromatic rings. The van der Waals surface area contributed by atoms with E-state index in [1.54, 1.807) is 48.5 Å². The van der Waals surface area contributed by atoms with Crippen molar-refractivity contribution in [1.29, 1.82) is 0 Å². The van der Waals surface area contributed by atoms with Crippen LogP contribution in [0.15, 0.2) is 69.9 Å². The third kappa shape index (κ3) is 3.45. The average Bonchev–Trinajstić information content (AvgIpc) is 3.09. The summed E-state index contributed by atoms with van der Waals surface area (Å²) in [6, 6.07) is 15.7. The van der Waals surface area contributed by atoms with Gasteiger partial charge in [-0.2, -0.15) is 0 Å². The minimum absolute atomic E-state index is 0.0516. The Bertz CT molecular complexity index is 1560. The number of carbonyl (C=O) groups excluding carboxylic acids is 1. The van der Waals surface area contributed by atoms with E-state index >= 15 is 0 Å². The number of rotatable bonds is 4. The summed E-state index contributed by atoms with van der Waals surface area (Å²) in [6.07, 6.45) is 0. The monoisotopic (exact) mass is 474 g/mol. The van der Waals surface area contributed by atoms with Crippen LogP contribution in [0.25, 0.3) is 11.0 Å². The van der Waals surface area contributed by atoms with Gasteiger partial charge in [0.15, 0.2) is 5.43 Å². The van der Waals surface area contributed by atoms with Crippen LogP contribution in [-0.2, 0) is 6.54 Å². The number of nitro benzene ring substituents is 1. The van der Waals surface area contributed by atoms with Gasteiger partial charge >= 0.3 is 0 Å². The van der Waals surface area contributed by atoms with E-state index in [1.165, 1.54) is 17.0 Å². The zero-order valence-corrected chi connectivity index (χ0v) is 19.1. The maximum Gasteiger partial charge on any atom is 0.291 e. The van der Waals surface area contributed by atoms with Gasteiger partial charge in [0.1, 0.15) is 5.58 Å². The first-order valence-electron chi connectivity index (χ1n) is 10.6. The Kier molecular flexibility index (Phi) is 5.21. The van der Waals surface area contributed by atoms with E-state index in [4.69, 9.17) is 16.0 Å². The van der Waals surface area contributed by atoms with Crippen molar-refractivity contribution in [1.82, 2.24) is 4.90 Å². The highest BCUT2D eigenvalue weighted by molar-refractivity contribution is 6.31. The lowest BCUT2D eigenvalue weighted by molar-refractivity contribution is -0.384. The van der Waals surface area contributed by atoms with Crippen LogP contribution in [0.3, 0.4) is 0 Å². The van der Waals surface area contributed by atoms with Crippen LogP contribution in [0.2, 0.25) is 5.02 Å². The molecule has 3 aromatic carbocycles. The molecule has 2 heterocycles. The van der Waals surface area contributed by atoms with E-state index in [9.17, 15) is 19.7 Å². The Morgan fingerprint density at radius 1 is 1.03 bits per heavy atom. The van der Waals surface area contributed by atoms with Gasteiger partial charge in [0.25, 0.3) is 11.6 Å². The topological polar surface area (TPSA) is 93.7 Å². The highest BCUT2D eigenvalue weighted by atomic mass is 35.5. The van der Waals surface area contributed by atoms with Crippen molar-refractivity contribution in [3.8, 4) is 0 Å². The van der Waals surface area contributed by atoms with E-state index in [0.29, 0.717) is 27.1 Å². The standard InChI is InChI=1S/C26H19ClN2O5/c1-14-10-19-21(11-15(14)2)34-25-22(24(19)30)23(16-7-5-8-18(12-16)29(32)33)28(26(25)31)13-17-6-3-4-9-20(17)27/h3-12,23H,13H2,1-2H3.